The van der Waals surface area contributed by atoms with Gasteiger partial charge in [-0.2, -0.15) is 0 Å². The van der Waals surface area contributed by atoms with E-state index >= 15 is 0 Å². The fraction of sp³-hybridized carbons (Fsp3) is 0.300. The monoisotopic (exact) mass is 392 g/mol. The molecule has 0 heterocycles. The average molecular weight is 393 g/mol. The van der Waals surface area contributed by atoms with Crippen LogP contribution in [-0.2, 0) is 22.6 Å². The van der Waals surface area contributed by atoms with E-state index in [9.17, 15) is 9.59 Å². The van der Waals surface area contributed by atoms with Crippen molar-refractivity contribution in [2.45, 2.75) is 32.4 Å². The highest BCUT2D eigenvalue weighted by molar-refractivity contribution is 6.36. The average Bonchev–Trinajstić information content (AvgIpc) is 2.66. The zero-order valence-corrected chi connectivity index (χ0v) is 16.3. The third-order valence-electron chi connectivity index (χ3n) is 4.21. The first-order chi connectivity index (χ1) is 12.5. The van der Waals surface area contributed by atoms with Crippen LogP contribution in [0.15, 0.2) is 48.5 Å². The van der Waals surface area contributed by atoms with Crippen LogP contribution in [0.1, 0.15) is 24.5 Å². The lowest BCUT2D eigenvalue weighted by Crippen LogP contribution is -2.49. The Kier molecular flexibility index (Phi) is 7.49. The van der Waals surface area contributed by atoms with Gasteiger partial charge in [0.25, 0.3) is 0 Å². The third-order valence-corrected chi connectivity index (χ3v) is 4.92. The summed E-state index contributed by atoms with van der Waals surface area (Å²) in [6, 6.07) is 14.2. The summed E-state index contributed by atoms with van der Waals surface area (Å²) < 4.78 is 0. The molecule has 2 amide bonds. The molecule has 0 fully saturated rings. The molecule has 1 N–H and O–H groups in total. The third kappa shape index (κ3) is 4.99. The van der Waals surface area contributed by atoms with Gasteiger partial charge in [0.1, 0.15) is 6.04 Å². The van der Waals surface area contributed by atoms with Crippen molar-refractivity contribution in [3.63, 3.8) is 0 Å². The van der Waals surface area contributed by atoms with Crippen LogP contribution in [0.4, 0.5) is 0 Å². The van der Waals surface area contributed by atoms with Gasteiger partial charge in [0, 0.05) is 42.0 Å². The van der Waals surface area contributed by atoms with Crippen molar-refractivity contribution in [1.82, 2.24) is 10.2 Å². The number of halogens is 2. The zero-order chi connectivity index (χ0) is 19.1. The predicted octanol–water partition coefficient (Wildman–Crippen LogP) is 4.09. The summed E-state index contributed by atoms with van der Waals surface area (Å²) in [6.45, 7) is 1.95. The molecule has 138 valence electrons. The highest BCUT2D eigenvalue weighted by atomic mass is 35.5. The first-order valence-electron chi connectivity index (χ1n) is 8.45. The molecular weight excluding hydrogens is 371 g/mol. The molecule has 0 aliphatic heterocycles. The molecule has 0 aromatic heterocycles. The number of benzene rings is 2. The van der Waals surface area contributed by atoms with Gasteiger partial charge in [-0.15, -0.1) is 0 Å². The van der Waals surface area contributed by atoms with Crippen LogP contribution in [0.2, 0.25) is 10.0 Å². The molecule has 0 spiro atoms. The Hall–Kier alpha value is -2.04. The normalized spacial score (nSPS) is 11.7. The minimum absolute atomic E-state index is 0.134. The minimum Gasteiger partial charge on any atom is -0.357 e. The summed E-state index contributed by atoms with van der Waals surface area (Å²) in [6.07, 6.45) is 0.693. The summed E-state index contributed by atoms with van der Waals surface area (Å²) >= 11 is 12.6. The number of likely N-dealkylation sites (N-methyl/N-ethyl adjacent to an activating group) is 1. The van der Waals surface area contributed by atoms with Gasteiger partial charge < -0.3 is 10.2 Å². The maximum absolute atomic E-state index is 12.7. The number of nitrogens with zero attached hydrogens (tertiary/aromatic N) is 1. The van der Waals surface area contributed by atoms with Crippen molar-refractivity contribution in [1.29, 1.82) is 0 Å². The largest absolute Gasteiger partial charge is 0.357 e. The molecule has 6 heteroatoms. The van der Waals surface area contributed by atoms with Crippen molar-refractivity contribution in [3.8, 4) is 0 Å². The van der Waals surface area contributed by atoms with E-state index in [-0.39, 0.29) is 24.8 Å². The quantitative estimate of drug-likeness (QED) is 0.771. The van der Waals surface area contributed by atoms with E-state index in [0.717, 1.165) is 5.56 Å². The van der Waals surface area contributed by atoms with Gasteiger partial charge in [-0.25, -0.2) is 0 Å². The van der Waals surface area contributed by atoms with E-state index in [2.05, 4.69) is 5.32 Å². The lowest BCUT2D eigenvalue weighted by molar-refractivity contribution is -0.140. The lowest BCUT2D eigenvalue weighted by atomic mass is 10.0. The zero-order valence-electron chi connectivity index (χ0n) is 14.8. The summed E-state index contributed by atoms with van der Waals surface area (Å²) in [5, 5.41) is 3.61. The van der Waals surface area contributed by atoms with E-state index in [4.69, 9.17) is 23.2 Å². The van der Waals surface area contributed by atoms with Crippen molar-refractivity contribution in [2.75, 3.05) is 7.05 Å². The highest BCUT2D eigenvalue weighted by Gasteiger charge is 2.29. The fourth-order valence-electron chi connectivity index (χ4n) is 2.78. The second-order valence-corrected chi connectivity index (χ2v) is 6.71. The van der Waals surface area contributed by atoms with Gasteiger partial charge in [0.2, 0.25) is 11.8 Å². The predicted molar refractivity (Wildman–Crippen MR) is 105 cm³/mol. The smallest absolute Gasteiger partial charge is 0.242 e. The molecule has 4 nitrogen and oxygen atoms in total. The van der Waals surface area contributed by atoms with Gasteiger partial charge in [-0.3, -0.25) is 9.59 Å². The van der Waals surface area contributed by atoms with E-state index in [1.165, 1.54) is 0 Å². The van der Waals surface area contributed by atoms with E-state index < -0.39 is 6.04 Å². The molecule has 2 rings (SSSR count). The molecule has 0 radical (unpaired) electrons. The second-order valence-electron chi connectivity index (χ2n) is 5.90. The Morgan fingerprint density at radius 1 is 1.04 bits per heavy atom. The van der Waals surface area contributed by atoms with E-state index in [0.29, 0.717) is 22.0 Å². The van der Waals surface area contributed by atoms with Crippen LogP contribution in [0.5, 0.6) is 0 Å². The van der Waals surface area contributed by atoms with Crippen LogP contribution in [0.25, 0.3) is 0 Å². The number of amides is 2. The van der Waals surface area contributed by atoms with Gasteiger partial charge >= 0.3 is 0 Å². The Labute approximate surface area is 164 Å². The summed E-state index contributed by atoms with van der Waals surface area (Å²) in [7, 11) is 1.57. The maximum atomic E-state index is 12.7. The highest BCUT2D eigenvalue weighted by Crippen LogP contribution is 2.27. The van der Waals surface area contributed by atoms with Crippen LogP contribution >= 0.6 is 23.2 Å². The Balaban J connectivity index is 2.39. The van der Waals surface area contributed by atoms with E-state index in [1.807, 2.05) is 30.3 Å². The summed E-state index contributed by atoms with van der Waals surface area (Å²) in [4.78, 5) is 26.8. The molecule has 0 unspecified atom stereocenters. The number of hydrogen-bond acceptors (Lipinski definition) is 2. The molecule has 0 saturated heterocycles. The van der Waals surface area contributed by atoms with Crippen molar-refractivity contribution in [3.05, 3.63) is 69.7 Å². The molecule has 26 heavy (non-hydrogen) atoms. The van der Waals surface area contributed by atoms with Crippen molar-refractivity contribution in [2.24, 2.45) is 0 Å². The van der Waals surface area contributed by atoms with Crippen LogP contribution in [-0.4, -0.2) is 29.8 Å². The number of rotatable bonds is 7. The topological polar surface area (TPSA) is 49.4 Å². The van der Waals surface area contributed by atoms with Crippen LogP contribution in [0.3, 0.4) is 0 Å². The molecule has 0 aliphatic rings. The first-order valence-corrected chi connectivity index (χ1v) is 9.21. The van der Waals surface area contributed by atoms with Crippen LogP contribution in [0, 0.1) is 0 Å². The van der Waals surface area contributed by atoms with Gasteiger partial charge in [0.05, 0.1) is 0 Å². The van der Waals surface area contributed by atoms with Crippen molar-refractivity contribution >= 4 is 35.0 Å². The molecule has 2 aromatic carbocycles. The lowest BCUT2D eigenvalue weighted by Gasteiger charge is -2.31. The number of carbonyl (C=O) groups is 2. The van der Waals surface area contributed by atoms with E-state index in [1.54, 1.807) is 37.1 Å². The Morgan fingerprint density at radius 2 is 1.65 bits per heavy atom. The fourth-order valence-corrected chi connectivity index (χ4v) is 3.29. The first kappa shape index (κ1) is 20.3. The molecule has 0 bridgehead atoms. The number of hydrogen-bond donors (Lipinski definition) is 1. The maximum Gasteiger partial charge on any atom is 0.242 e. The Bertz CT molecular complexity index is 745. The number of nitrogens with one attached hydrogen (secondary N) is 1. The standard InChI is InChI=1S/C20H22Cl2N2O2/c1-3-19(25)24(13-15-16(21)10-7-11-17(15)22)18(20(26)23-2)12-14-8-5-4-6-9-14/h4-11,18H,3,12-13H2,1-2H3,(H,23,26)/t18-/m1/s1. The molecule has 1 atom stereocenters. The van der Waals surface area contributed by atoms with Gasteiger partial charge in [-0.05, 0) is 17.7 Å². The van der Waals surface area contributed by atoms with Crippen LogP contribution < -0.4 is 5.32 Å². The van der Waals surface area contributed by atoms with Gasteiger partial charge in [0.15, 0.2) is 0 Å². The van der Waals surface area contributed by atoms with Crippen molar-refractivity contribution < 1.29 is 9.59 Å². The molecular formula is C20H22Cl2N2O2. The molecule has 0 aliphatic carbocycles. The summed E-state index contributed by atoms with van der Waals surface area (Å²) in [5.74, 6) is -0.357. The SMILES string of the molecule is CCC(=O)N(Cc1c(Cl)cccc1Cl)[C@H](Cc1ccccc1)C(=O)NC. The minimum atomic E-state index is -0.651. The second kappa shape index (κ2) is 9.60. The number of carbonyl (C=O) groups excluding carboxylic acids is 2. The molecule has 0 saturated carbocycles. The molecule has 2 aromatic rings. The Morgan fingerprint density at radius 3 is 2.19 bits per heavy atom. The summed E-state index contributed by atoms with van der Waals surface area (Å²) in [5.41, 5.74) is 1.61. The van der Waals surface area contributed by atoms with Gasteiger partial charge in [-0.1, -0.05) is 66.5 Å².